The number of aromatic nitrogens is 1. The summed E-state index contributed by atoms with van der Waals surface area (Å²) in [5, 5.41) is 17.7. The van der Waals surface area contributed by atoms with Crippen LogP contribution < -0.4 is 0 Å². The van der Waals surface area contributed by atoms with Crippen molar-refractivity contribution in [2.45, 2.75) is 18.7 Å². The topological polar surface area (TPSA) is 70.4 Å². The molecule has 0 aliphatic rings. The fourth-order valence-corrected chi connectivity index (χ4v) is 1.18. The van der Waals surface area contributed by atoms with Crippen molar-refractivity contribution in [3.05, 3.63) is 29.6 Å². The zero-order valence-electron chi connectivity index (χ0n) is 7.90. The number of hydrogen-bond acceptors (Lipinski definition) is 3. The number of aliphatic hydroxyl groups is 1. The van der Waals surface area contributed by atoms with E-state index in [2.05, 4.69) is 4.98 Å². The van der Waals surface area contributed by atoms with Gasteiger partial charge in [-0.05, 0) is 12.1 Å². The average Bonchev–Trinajstić information content (AvgIpc) is 2.15. The van der Waals surface area contributed by atoms with Crippen molar-refractivity contribution in [3.8, 4) is 0 Å². The smallest absolute Gasteiger partial charge is 0.418 e. The first-order valence-electron chi connectivity index (χ1n) is 4.24. The highest BCUT2D eigenvalue weighted by Crippen LogP contribution is 2.33. The molecule has 1 atom stereocenters. The van der Waals surface area contributed by atoms with Gasteiger partial charge in [0.1, 0.15) is 6.10 Å². The predicted octanol–water partition coefficient (Wildman–Crippen LogP) is 1.61. The summed E-state index contributed by atoms with van der Waals surface area (Å²) < 4.78 is 37.3. The molecule has 88 valence electrons. The van der Waals surface area contributed by atoms with Crippen molar-refractivity contribution >= 4 is 5.97 Å². The minimum absolute atomic E-state index is 0.669. The summed E-state index contributed by atoms with van der Waals surface area (Å²) in [5.41, 5.74) is -1.79. The van der Waals surface area contributed by atoms with Gasteiger partial charge < -0.3 is 10.2 Å². The maximum atomic E-state index is 12.4. The van der Waals surface area contributed by atoms with Crippen LogP contribution in [0.4, 0.5) is 13.2 Å². The van der Waals surface area contributed by atoms with Crippen LogP contribution in [0.15, 0.2) is 18.3 Å². The molecule has 1 aromatic heterocycles. The van der Waals surface area contributed by atoms with Gasteiger partial charge in [0.25, 0.3) is 0 Å². The van der Waals surface area contributed by atoms with Crippen LogP contribution in [0.5, 0.6) is 0 Å². The van der Waals surface area contributed by atoms with Crippen molar-refractivity contribution in [2.24, 2.45) is 0 Å². The summed E-state index contributed by atoms with van der Waals surface area (Å²) in [6.45, 7) is 0. The summed E-state index contributed by atoms with van der Waals surface area (Å²) in [4.78, 5) is 13.6. The lowest BCUT2D eigenvalue weighted by molar-refractivity contribution is -0.143. The molecule has 0 fully saturated rings. The van der Waals surface area contributed by atoms with Gasteiger partial charge in [-0.25, -0.2) is 0 Å². The molecule has 0 aliphatic heterocycles. The van der Waals surface area contributed by atoms with E-state index in [0.717, 1.165) is 18.3 Å². The van der Waals surface area contributed by atoms with Gasteiger partial charge >= 0.3 is 12.1 Å². The van der Waals surface area contributed by atoms with Crippen molar-refractivity contribution < 1.29 is 28.2 Å². The number of alkyl halides is 3. The maximum Gasteiger partial charge on any atom is 0.418 e. The lowest BCUT2D eigenvalue weighted by atomic mass is 10.1. The Bertz CT molecular complexity index is 392. The molecular weight excluding hydrogens is 227 g/mol. The van der Waals surface area contributed by atoms with Crippen LogP contribution in [-0.2, 0) is 11.0 Å². The Morgan fingerprint density at radius 2 is 2.12 bits per heavy atom. The Balaban J connectivity index is 3.08. The SMILES string of the molecule is O=C(O)C[C@H](O)c1ncccc1C(F)(F)F. The Labute approximate surface area is 88.4 Å². The molecule has 16 heavy (non-hydrogen) atoms. The van der Waals surface area contributed by atoms with E-state index in [-0.39, 0.29) is 0 Å². The lowest BCUT2D eigenvalue weighted by Crippen LogP contribution is -2.15. The molecule has 0 radical (unpaired) electrons. The molecule has 0 aliphatic carbocycles. The van der Waals surface area contributed by atoms with Crippen LogP contribution >= 0.6 is 0 Å². The number of carboxylic acid groups (broad SMARTS) is 1. The van der Waals surface area contributed by atoms with Crippen molar-refractivity contribution in [3.63, 3.8) is 0 Å². The Kier molecular flexibility index (Phi) is 3.48. The van der Waals surface area contributed by atoms with Crippen molar-refractivity contribution in [2.75, 3.05) is 0 Å². The van der Waals surface area contributed by atoms with Gasteiger partial charge in [0.15, 0.2) is 0 Å². The monoisotopic (exact) mass is 235 g/mol. The highest BCUT2D eigenvalue weighted by molar-refractivity contribution is 5.67. The number of aliphatic carboxylic acids is 1. The summed E-state index contributed by atoms with van der Waals surface area (Å²) in [7, 11) is 0. The summed E-state index contributed by atoms with van der Waals surface area (Å²) in [5.74, 6) is -1.40. The van der Waals surface area contributed by atoms with Gasteiger partial charge in [-0.2, -0.15) is 13.2 Å². The first kappa shape index (κ1) is 12.4. The number of hydrogen-bond donors (Lipinski definition) is 2. The Morgan fingerprint density at radius 3 is 2.62 bits per heavy atom. The third-order valence-corrected chi connectivity index (χ3v) is 1.83. The summed E-state index contributed by atoms with van der Waals surface area (Å²) in [6, 6.07) is 1.81. The minimum atomic E-state index is -4.66. The fourth-order valence-electron chi connectivity index (χ4n) is 1.18. The van der Waals surface area contributed by atoms with E-state index in [1.165, 1.54) is 0 Å². The number of nitrogens with zero attached hydrogens (tertiary/aromatic N) is 1. The normalized spacial score (nSPS) is 13.5. The van der Waals surface area contributed by atoms with Crippen LogP contribution in [0.1, 0.15) is 23.8 Å². The molecule has 0 aromatic carbocycles. The predicted molar refractivity (Wildman–Crippen MR) is 46.5 cm³/mol. The van der Waals surface area contributed by atoms with Crippen molar-refractivity contribution in [1.82, 2.24) is 4.98 Å². The highest BCUT2D eigenvalue weighted by Gasteiger charge is 2.36. The molecule has 0 unspecified atom stereocenters. The van der Waals surface area contributed by atoms with Crippen LogP contribution in [0.25, 0.3) is 0 Å². The zero-order valence-corrected chi connectivity index (χ0v) is 7.90. The number of pyridine rings is 1. The molecule has 2 N–H and O–H groups in total. The fraction of sp³-hybridized carbons (Fsp3) is 0.333. The molecule has 0 spiro atoms. The van der Waals surface area contributed by atoms with E-state index in [0.29, 0.717) is 0 Å². The van der Waals surface area contributed by atoms with Crippen LogP contribution in [0.3, 0.4) is 0 Å². The molecule has 1 heterocycles. The number of halogens is 3. The van der Waals surface area contributed by atoms with E-state index in [1.54, 1.807) is 0 Å². The summed E-state index contributed by atoms with van der Waals surface area (Å²) >= 11 is 0. The third-order valence-electron chi connectivity index (χ3n) is 1.83. The molecule has 0 amide bonds. The van der Waals surface area contributed by atoms with Gasteiger partial charge in [0.2, 0.25) is 0 Å². The van der Waals surface area contributed by atoms with E-state index < -0.39 is 35.9 Å². The average molecular weight is 235 g/mol. The third kappa shape index (κ3) is 2.93. The number of carboxylic acids is 1. The van der Waals surface area contributed by atoms with E-state index in [4.69, 9.17) is 5.11 Å². The second kappa shape index (κ2) is 4.48. The second-order valence-corrected chi connectivity index (χ2v) is 3.05. The maximum absolute atomic E-state index is 12.4. The van der Waals surface area contributed by atoms with E-state index in [9.17, 15) is 23.1 Å². The molecule has 0 saturated heterocycles. The minimum Gasteiger partial charge on any atom is -0.481 e. The quantitative estimate of drug-likeness (QED) is 0.834. The first-order chi connectivity index (χ1) is 7.32. The van der Waals surface area contributed by atoms with Crippen LogP contribution in [0, 0.1) is 0 Å². The molecule has 0 saturated carbocycles. The molecule has 1 rings (SSSR count). The molecule has 4 nitrogen and oxygen atoms in total. The summed E-state index contributed by atoms with van der Waals surface area (Å²) in [6.07, 6.45) is -6.19. The second-order valence-electron chi connectivity index (χ2n) is 3.05. The van der Waals surface area contributed by atoms with E-state index >= 15 is 0 Å². The Morgan fingerprint density at radius 1 is 1.50 bits per heavy atom. The van der Waals surface area contributed by atoms with Gasteiger partial charge in [-0.3, -0.25) is 9.78 Å². The standard InChI is InChI=1S/C9H8F3NO3/c10-9(11,12)5-2-1-3-13-8(5)6(14)4-7(15)16/h1-3,6,14H,4H2,(H,15,16)/t6-/m0/s1. The van der Waals surface area contributed by atoms with Crippen molar-refractivity contribution in [1.29, 1.82) is 0 Å². The molecule has 0 bridgehead atoms. The highest BCUT2D eigenvalue weighted by atomic mass is 19.4. The number of carbonyl (C=O) groups is 1. The first-order valence-corrected chi connectivity index (χ1v) is 4.24. The molecule has 1 aromatic rings. The van der Waals surface area contributed by atoms with Gasteiger partial charge in [0, 0.05) is 6.20 Å². The lowest BCUT2D eigenvalue weighted by Gasteiger charge is -2.14. The largest absolute Gasteiger partial charge is 0.481 e. The molecule has 7 heteroatoms. The zero-order chi connectivity index (χ0) is 12.3. The van der Waals surface area contributed by atoms with Gasteiger partial charge in [-0.1, -0.05) is 0 Å². The number of aliphatic hydroxyl groups excluding tert-OH is 1. The van der Waals surface area contributed by atoms with Crippen LogP contribution in [0.2, 0.25) is 0 Å². The van der Waals surface area contributed by atoms with Crippen LogP contribution in [-0.4, -0.2) is 21.2 Å². The number of rotatable bonds is 3. The van der Waals surface area contributed by atoms with Gasteiger partial charge in [0.05, 0.1) is 17.7 Å². The van der Waals surface area contributed by atoms with Gasteiger partial charge in [-0.15, -0.1) is 0 Å². The Hall–Kier alpha value is -1.63. The van der Waals surface area contributed by atoms with E-state index in [1.807, 2.05) is 0 Å². The molecular formula is C9H8F3NO3.